The van der Waals surface area contributed by atoms with Crippen LogP contribution in [0.5, 0.6) is 0 Å². The molecule has 3 heterocycles. The van der Waals surface area contributed by atoms with E-state index in [-0.39, 0.29) is 21.7 Å². The summed E-state index contributed by atoms with van der Waals surface area (Å²) in [5, 5.41) is 3.54. The van der Waals surface area contributed by atoms with E-state index in [2.05, 4.69) is 301 Å². The molecule has 0 saturated carbocycles. The highest BCUT2D eigenvalue weighted by atomic mass is 15.2. The monoisotopic (exact) mass is 1130 g/mol. The number of hydrogen-bond donors (Lipinski definition) is 1. The number of aryl methyl sites for hydroxylation is 2. The van der Waals surface area contributed by atoms with Crippen molar-refractivity contribution in [1.82, 2.24) is 15.0 Å². The summed E-state index contributed by atoms with van der Waals surface area (Å²) >= 11 is 0. The molecule has 3 aromatic heterocycles. The van der Waals surface area contributed by atoms with E-state index in [0.29, 0.717) is 0 Å². The summed E-state index contributed by atoms with van der Waals surface area (Å²) in [5.41, 5.74) is 25.2. The number of rotatable bonds is 11. The predicted octanol–water partition coefficient (Wildman–Crippen LogP) is 22.6. The third-order valence-corrected chi connectivity index (χ3v) is 16.0. The Kier molecular flexibility index (Phi) is 17.3. The molecule has 5 nitrogen and oxygen atoms in total. The molecular formula is C81H83N5. The molecule has 11 rings (SSSR count). The first-order valence-corrected chi connectivity index (χ1v) is 30.2. The van der Waals surface area contributed by atoms with Crippen LogP contribution in [0.25, 0.3) is 67.3 Å². The average molecular weight is 1130 g/mol. The molecular weight excluding hydrogens is 1040 g/mol. The molecule has 432 valence electrons. The molecule has 0 aliphatic carbocycles. The molecule has 0 fully saturated rings. The molecule has 0 aliphatic heterocycles. The third kappa shape index (κ3) is 14.3. The standard InChI is InChI=1S/C43H43N3.C38H40N2/c1-30-16-11-12-21-38(30)40-28-33(32-24-34(42(2,3)4)29-35(25-32)43(5,6)7)27-39(45-40)31-17-15-20-37(26-31)46(36-18-9-8-10-19-36)41-22-13-14-23-44-41;1-26-14-11-12-19-34(26)36-24-29(28-20-30(37(2,3)4)25-31(21-28)38(5,6)7)23-35(40-36)27-15-13-18-33(22-27)39-32-16-9-8-10-17-32/h8-29H,1-7H3;8-25,39H,1-7H3. The zero-order valence-electron chi connectivity index (χ0n) is 52.9. The number of anilines is 5. The first-order valence-electron chi connectivity index (χ1n) is 30.2. The Balaban J connectivity index is 0.000000193. The van der Waals surface area contributed by atoms with E-state index < -0.39 is 0 Å². The maximum Gasteiger partial charge on any atom is 0.137 e. The van der Waals surface area contributed by atoms with Gasteiger partial charge in [0.05, 0.1) is 22.8 Å². The van der Waals surface area contributed by atoms with Crippen molar-refractivity contribution >= 4 is 28.6 Å². The van der Waals surface area contributed by atoms with Crippen LogP contribution in [0.1, 0.15) is 116 Å². The molecule has 0 amide bonds. The number of benzene rings is 8. The summed E-state index contributed by atoms with van der Waals surface area (Å²) in [6.07, 6.45) is 1.84. The van der Waals surface area contributed by atoms with Crippen molar-refractivity contribution in [2.75, 3.05) is 10.2 Å². The van der Waals surface area contributed by atoms with Crippen LogP contribution in [0, 0.1) is 13.8 Å². The molecule has 0 saturated heterocycles. The van der Waals surface area contributed by atoms with Crippen LogP contribution in [0.15, 0.2) is 243 Å². The Bertz CT molecular complexity index is 4030. The molecule has 0 spiro atoms. The SMILES string of the molecule is Cc1ccccc1-c1cc(-c2cc(C(C)(C)C)cc(C(C)(C)C)c2)cc(-c2cccc(N(c3ccccc3)c3ccccn3)c2)n1.Cc1ccccc1-c1cc(-c2cc(C(C)(C)C)cc(C(C)(C)C)c2)cc(-c2cccc(Nc3ccccc3)c2)n1. The van der Waals surface area contributed by atoms with Crippen LogP contribution in [-0.2, 0) is 21.7 Å². The molecule has 0 unspecified atom stereocenters. The number of hydrogen-bond acceptors (Lipinski definition) is 5. The second kappa shape index (κ2) is 24.8. The quantitative estimate of drug-likeness (QED) is 0.140. The first kappa shape index (κ1) is 60.0. The summed E-state index contributed by atoms with van der Waals surface area (Å²) < 4.78 is 0. The van der Waals surface area contributed by atoms with Crippen LogP contribution in [0.2, 0.25) is 0 Å². The maximum atomic E-state index is 5.31. The van der Waals surface area contributed by atoms with Gasteiger partial charge in [-0.1, -0.05) is 235 Å². The van der Waals surface area contributed by atoms with Crippen molar-refractivity contribution < 1.29 is 0 Å². The Morgan fingerprint density at radius 3 is 1.14 bits per heavy atom. The van der Waals surface area contributed by atoms with Crippen molar-refractivity contribution in [3.05, 3.63) is 276 Å². The minimum absolute atomic E-state index is 0.0193. The zero-order chi connectivity index (χ0) is 61.0. The van der Waals surface area contributed by atoms with Crippen LogP contribution in [-0.4, -0.2) is 15.0 Å². The van der Waals surface area contributed by atoms with Gasteiger partial charge in [-0.15, -0.1) is 0 Å². The van der Waals surface area contributed by atoms with Gasteiger partial charge < -0.3 is 5.32 Å². The number of pyridine rings is 3. The fraction of sp³-hybridized carbons (Fsp3) is 0.222. The largest absolute Gasteiger partial charge is 0.356 e. The fourth-order valence-corrected chi connectivity index (χ4v) is 10.7. The van der Waals surface area contributed by atoms with Gasteiger partial charge in [0, 0.05) is 51.2 Å². The van der Waals surface area contributed by atoms with Crippen LogP contribution in [0.4, 0.5) is 28.6 Å². The molecule has 8 aromatic carbocycles. The highest BCUT2D eigenvalue weighted by Gasteiger charge is 2.25. The van der Waals surface area contributed by atoms with Crippen molar-refractivity contribution in [1.29, 1.82) is 0 Å². The molecule has 86 heavy (non-hydrogen) atoms. The Labute approximate surface area is 513 Å². The molecule has 5 heteroatoms. The van der Waals surface area contributed by atoms with Crippen molar-refractivity contribution in [2.24, 2.45) is 0 Å². The van der Waals surface area contributed by atoms with E-state index in [0.717, 1.165) is 79.2 Å². The lowest BCUT2D eigenvalue weighted by Crippen LogP contribution is -2.16. The maximum absolute atomic E-state index is 5.31. The van der Waals surface area contributed by atoms with Gasteiger partial charge in [-0.3, -0.25) is 4.90 Å². The Hall–Kier alpha value is -9.19. The van der Waals surface area contributed by atoms with E-state index in [4.69, 9.17) is 15.0 Å². The van der Waals surface area contributed by atoms with Gasteiger partial charge >= 0.3 is 0 Å². The van der Waals surface area contributed by atoms with Crippen molar-refractivity contribution in [3.8, 4) is 67.3 Å². The number of nitrogens with zero attached hydrogens (tertiary/aromatic N) is 4. The number of nitrogens with one attached hydrogen (secondary N) is 1. The van der Waals surface area contributed by atoms with Gasteiger partial charge in [-0.25, -0.2) is 15.0 Å². The Morgan fingerprint density at radius 2 is 0.686 bits per heavy atom. The summed E-state index contributed by atoms with van der Waals surface area (Å²) in [4.78, 5) is 17.4. The second-order valence-electron chi connectivity index (χ2n) is 27.0. The highest BCUT2D eigenvalue weighted by molar-refractivity contribution is 5.83. The van der Waals surface area contributed by atoms with Crippen LogP contribution >= 0.6 is 0 Å². The van der Waals surface area contributed by atoms with E-state index in [1.165, 1.54) is 50.1 Å². The third-order valence-electron chi connectivity index (χ3n) is 16.0. The van der Waals surface area contributed by atoms with Gasteiger partial charge in [0.2, 0.25) is 0 Å². The number of aromatic nitrogens is 3. The van der Waals surface area contributed by atoms with Crippen molar-refractivity contribution in [2.45, 2.75) is 119 Å². The van der Waals surface area contributed by atoms with E-state index >= 15 is 0 Å². The lowest BCUT2D eigenvalue weighted by atomic mass is 9.79. The van der Waals surface area contributed by atoms with E-state index in [1.54, 1.807) is 0 Å². The Morgan fingerprint density at radius 1 is 0.302 bits per heavy atom. The summed E-state index contributed by atoms with van der Waals surface area (Å²) in [6, 6.07) is 84.1. The van der Waals surface area contributed by atoms with Gasteiger partial charge in [0.1, 0.15) is 5.82 Å². The van der Waals surface area contributed by atoms with Gasteiger partial charge in [0.25, 0.3) is 0 Å². The van der Waals surface area contributed by atoms with E-state index in [9.17, 15) is 0 Å². The minimum Gasteiger partial charge on any atom is -0.356 e. The van der Waals surface area contributed by atoms with E-state index in [1.807, 2.05) is 48.7 Å². The second-order valence-corrected chi connectivity index (χ2v) is 27.0. The fourth-order valence-electron chi connectivity index (χ4n) is 10.7. The highest BCUT2D eigenvalue weighted by Crippen LogP contribution is 2.41. The smallest absolute Gasteiger partial charge is 0.137 e. The molecule has 1 N–H and O–H groups in total. The summed E-state index contributed by atoms with van der Waals surface area (Å²) in [7, 11) is 0. The summed E-state index contributed by atoms with van der Waals surface area (Å²) in [5.74, 6) is 0.863. The van der Waals surface area contributed by atoms with Crippen molar-refractivity contribution in [3.63, 3.8) is 0 Å². The van der Waals surface area contributed by atoms with Crippen LogP contribution < -0.4 is 10.2 Å². The lowest BCUT2D eigenvalue weighted by Gasteiger charge is -2.26. The first-order chi connectivity index (χ1) is 40.9. The normalized spacial score (nSPS) is 11.8. The van der Waals surface area contributed by atoms with Crippen LogP contribution in [0.3, 0.4) is 0 Å². The number of para-hydroxylation sites is 2. The summed E-state index contributed by atoms with van der Waals surface area (Å²) in [6.45, 7) is 31.8. The molecule has 0 bridgehead atoms. The van der Waals surface area contributed by atoms with Gasteiger partial charge in [-0.05, 0) is 176 Å². The topological polar surface area (TPSA) is 53.9 Å². The lowest BCUT2D eigenvalue weighted by molar-refractivity contribution is 0.568. The minimum atomic E-state index is 0.0193. The molecule has 0 atom stereocenters. The average Bonchev–Trinajstić information content (AvgIpc) is 1.54. The van der Waals surface area contributed by atoms with Gasteiger partial charge in [-0.2, -0.15) is 0 Å². The zero-order valence-corrected chi connectivity index (χ0v) is 52.9. The molecule has 0 radical (unpaired) electrons. The predicted molar refractivity (Wildman–Crippen MR) is 368 cm³/mol. The van der Waals surface area contributed by atoms with Gasteiger partial charge in [0.15, 0.2) is 0 Å². The molecule has 0 aliphatic rings. The molecule has 11 aromatic rings.